The molecule has 0 aliphatic rings. The summed E-state index contributed by atoms with van der Waals surface area (Å²) in [5, 5.41) is 0. The fraction of sp³-hybridized carbons (Fsp3) is 0.318. The van der Waals surface area contributed by atoms with Gasteiger partial charge in [0.2, 0.25) is 5.89 Å². The molecule has 3 aromatic rings. The normalized spacial score (nSPS) is 12.1. The highest BCUT2D eigenvalue weighted by Gasteiger charge is 2.16. The van der Waals surface area contributed by atoms with Crippen molar-refractivity contribution in [3.8, 4) is 11.5 Å². The van der Waals surface area contributed by atoms with Crippen LogP contribution in [0.4, 0.5) is 0 Å². The third kappa shape index (κ3) is 5.70. The smallest absolute Gasteiger partial charge is 0.226 e. The molecule has 28 heavy (non-hydrogen) atoms. The van der Waals surface area contributed by atoms with Crippen molar-refractivity contribution in [2.24, 2.45) is 0 Å². The molecular formula is C22H24N2O3S. The molecule has 1 aromatic carbocycles. The molecule has 1 atom stereocenters. The Bertz CT molecular complexity index is 950. The predicted molar refractivity (Wildman–Crippen MR) is 110 cm³/mol. The van der Waals surface area contributed by atoms with Gasteiger partial charge < -0.3 is 4.42 Å². The molecule has 0 radical (unpaired) electrons. The maximum Gasteiger partial charge on any atom is 0.226 e. The number of carbonyl (C=O) groups excluding carboxylic acids is 1. The summed E-state index contributed by atoms with van der Waals surface area (Å²) >= 11 is 0. The van der Waals surface area contributed by atoms with E-state index in [1.54, 1.807) is 6.20 Å². The van der Waals surface area contributed by atoms with Crippen LogP contribution in [0.25, 0.3) is 11.5 Å². The fourth-order valence-corrected chi connectivity index (χ4v) is 4.05. The van der Waals surface area contributed by atoms with Crippen LogP contribution in [0.15, 0.2) is 53.2 Å². The number of Topliss-reactive ketones (excluding diaryl/α,β-unsaturated/α-hetero) is 1. The van der Waals surface area contributed by atoms with Crippen molar-refractivity contribution in [1.29, 1.82) is 0 Å². The molecule has 5 nitrogen and oxygen atoms in total. The van der Waals surface area contributed by atoms with Crippen LogP contribution >= 0.6 is 0 Å². The monoisotopic (exact) mass is 396 g/mol. The van der Waals surface area contributed by atoms with E-state index in [4.69, 9.17) is 4.42 Å². The summed E-state index contributed by atoms with van der Waals surface area (Å²) < 4.78 is 18.1. The van der Waals surface area contributed by atoms with Crippen LogP contribution in [0.1, 0.15) is 35.4 Å². The minimum atomic E-state index is -1.29. The summed E-state index contributed by atoms with van der Waals surface area (Å²) in [5.74, 6) is 1.47. The summed E-state index contributed by atoms with van der Waals surface area (Å²) in [6.07, 6.45) is 5.50. The van der Waals surface area contributed by atoms with E-state index in [9.17, 15) is 9.00 Å². The van der Waals surface area contributed by atoms with Crippen molar-refractivity contribution >= 4 is 16.6 Å². The number of aryl methyl sites for hydroxylation is 3. The number of aromatic nitrogens is 2. The molecule has 2 aromatic heterocycles. The first-order chi connectivity index (χ1) is 13.5. The van der Waals surface area contributed by atoms with Gasteiger partial charge in [-0.2, -0.15) is 0 Å². The molecule has 0 aliphatic heterocycles. The minimum Gasteiger partial charge on any atom is -0.441 e. The zero-order valence-corrected chi connectivity index (χ0v) is 17.0. The highest BCUT2D eigenvalue weighted by atomic mass is 32.2. The van der Waals surface area contributed by atoms with E-state index >= 15 is 0 Å². The zero-order valence-electron chi connectivity index (χ0n) is 16.2. The van der Waals surface area contributed by atoms with Crippen molar-refractivity contribution < 1.29 is 13.4 Å². The van der Waals surface area contributed by atoms with Gasteiger partial charge in [-0.25, -0.2) is 4.98 Å². The molecular weight excluding hydrogens is 372 g/mol. The fourth-order valence-electron chi connectivity index (χ4n) is 2.87. The van der Waals surface area contributed by atoms with Crippen LogP contribution < -0.4 is 0 Å². The summed E-state index contributed by atoms with van der Waals surface area (Å²) in [7, 11) is -1.29. The van der Waals surface area contributed by atoms with Gasteiger partial charge in [-0.3, -0.25) is 14.0 Å². The lowest BCUT2D eigenvalue weighted by Crippen LogP contribution is -2.12. The second kappa shape index (κ2) is 9.55. The summed E-state index contributed by atoms with van der Waals surface area (Å²) in [6.45, 7) is 3.83. The number of nitrogens with zero attached hydrogens (tertiary/aromatic N) is 2. The maximum atomic E-state index is 12.4. The van der Waals surface area contributed by atoms with Crippen LogP contribution in [0, 0.1) is 13.8 Å². The van der Waals surface area contributed by atoms with Gasteiger partial charge in [-0.1, -0.05) is 23.8 Å². The van der Waals surface area contributed by atoms with Gasteiger partial charge in [0.25, 0.3) is 0 Å². The Hall–Kier alpha value is -2.60. The van der Waals surface area contributed by atoms with Crippen molar-refractivity contribution in [3.63, 3.8) is 0 Å². The van der Waals surface area contributed by atoms with Crippen LogP contribution in [-0.4, -0.2) is 25.7 Å². The van der Waals surface area contributed by atoms with Gasteiger partial charge in [0.15, 0.2) is 0 Å². The van der Waals surface area contributed by atoms with Crippen molar-refractivity contribution in [2.45, 2.75) is 38.9 Å². The zero-order chi connectivity index (χ0) is 19.9. The summed E-state index contributed by atoms with van der Waals surface area (Å²) in [4.78, 5) is 20.7. The molecule has 0 N–H and O–H groups in total. The summed E-state index contributed by atoms with van der Waals surface area (Å²) in [6, 6.07) is 11.8. The van der Waals surface area contributed by atoms with E-state index in [0.717, 1.165) is 29.5 Å². The van der Waals surface area contributed by atoms with E-state index < -0.39 is 10.8 Å². The Kier molecular flexibility index (Phi) is 6.87. The van der Waals surface area contributed by atoms with Crippen LogP contribution in [-0.2, 0) is 27.8 Å². The average Bonchev–Trinajstić information content (AvgIpc) is 3.03. The number of hydrogen-bond acceptors (Lipinski definition) is 5. The second-order valence-corrected chi connectivity index (χ2v) is 8.33. The lowest BCUT2D eigenvalue weighted by atomic mass is 10.1. The van der Waals surface area contributed by atoms with Crippen molar-refractivity contribution in [3.05, 3.63) is 71.4 Å². The van der Waals surface area contributed by atoms with Crippen LogP contribution in [0.3, 0.4) is 0 Å². The summed E-state index contributed by atoms with van der Waals surface area (Å²) in [5.41, 5.74) is 3.81. The number of oxazole rings is 1. The van der Waals surface area contributed by atoms with E-state index in [1.165, 1.54) is 0 Å². The molecule has 0 amide bonds. The maximum absolute atomic E-state index is 12.4. The number of pyridine rings is 1. The Balaban J connectivity index is 1.50. The van der Waals surface area contributed by atoms with Crippen LogP contribution in [0.5, 0.6) is 0 Å². The van der Waals surface area contributed by atoms with Gasteiger partial charge in [0.05, 0.1) is 17.2 Å². The Labute approximate surface area is 167 Å². The lowest BCUT2D eigenvalue weighted by molar-refractivity contribution is -0.116. The Morgan fingerprint density at radius 2 is 1.93 bits per heavy atom. The van der Waals surface area contributed by atoms with Crippen molar-refractivity contribution in [1.82, 2.24) is 9.97 Å². The molecule has 1 unspecified atom stereocenters. The molecule has 2 heterocycles. The van der Waals surface area contributed by atoms with Gasteiger partial charge in [0.1, 0.15) is 11.5 Å². The van der Waals surface area contributed by atoms with Crippen LogP contribution in [0.2, 0.25) is 0 Å². The highest BCUT2D eigenvalue weighted by molar-refractivity contribution is 7.84. The molecule has 146 valence electrons. The quantitative estimate of drug-likeness (QED) is 0.542. The molecule has 6 heteroatoms. The first-order valence-electron chi connectivity index (χ1n) is 9.30. The van der Waals surface area contributed by atoms with E-state index in [1.807, 2.05) is 56.4 Å². The highest BCUT2D eigenvalue weighted by Crippen LogP contribution is 2.23. The molecule has 0 fully saturated rings. The van der Waals surface area contributed by atoms with Crippen molar-refractivity contribution in [2.75, 3.05) is 5.75 Å². The number of benzene rings is 1. The first kappa shape index (κ1) is 20.1. The standard InChI is InChI=1S/C22H24N2O3S/c1-16-8-10-19(11-9-16)22-24-21(17(2)27-22)15-28(26)14-20(25)7-3-5-18-6-4-12-23-13-18/h4,6,8-13H,3,5,7,14-15H2,1-2H3. The molecule has 3 rings (SSSR count). The Morgan fingerprint density at radius 1 is 1.14 bits per heavy atom. The minimum absolute atomic E-state index is 0.0159. The Morgan fingerprint density at radius 3 is 2.64 bits per heavy atom. The topological polar surface area (TPSA) is 73.1 Å². The number of ketones is 1. The lowest BCUT2D eigenvalue weighted by Gasteiger charge is -2.02. The molecule has 0 aliphatic carbocycles. The van der Waals surface area contributed by atoms with E-state index in [2.05, 4.69) is 9.97 Å². The third-order valence-electron chi connectivity index (χ3n) is 4.45. The molecule has 0 saturated carbocycles. The van der Waals surface area contributed by atoms with Gasteiger partial charge >= 0.3 is 0 Å². The number of carbonyl (C=O) groups is 1. The second-order valence-electron chi connectivity index (χ2n) is 6.87. The number of rotatable bonds is 9. The average molecular weight is 397 g/mol. The first-order valence-corrected chi connectivity index (χ1v) is 10.8. The largest absolute Gasteiger partial charge is 0.441 e. The third-order valence-corrected chi connectivity index (χ3v) is 5.69. The van der Waals surface area contributed by atoms with Gasteiger partial charge in [-0.05, 0) is 50.5 Å². The van der Waals surface area contributed by atoms with E-state index in [0.29, 0.717) is 23.8 Å². The molecule has 0 saturated heterocycles. The molecule has 0 bridgehead atoms. The number of hydrogen-bond donors (Lipinski definition) is 0. The predicted octanol–water partition coefficient (Wildman–Crippen LogP) is 4.19. The van der Waals surface area contributed by atoms with E-state index in [-0.39, 0.29) is 17.3 Å². The van der Waals surface area contributed by atoms with Gasteiger partial charge in [0, 0.05) is 35.2 Å². The van der Waals surface area contributed by atoms with Gasteiger partial charge in [-0.15, -0.1) is 0 Å². The SMILES string of the molecule is Cc1ccc(-c2nc(CS(=O)CC(=O)CCCc3cccnc3)c(C)o2)cc1. The molecule has 0 spiro atoms.